The molecule has 5 nitrogen and oxygen atoms in total. The highest BCUT2D eigenvalue weighted by Crippen LogP contribution is 2.51. The molecule has 0 spiro atoms. The molecule has 0 amide bonds. The molecule has 0 bridgehead atoms. The van der Waals surface area contributed by atoms with E-state index in [1.54, 1.807) is 11.8 Å². The maximum atomic E-state index is 9.83. The third-order valence-electron chi connectivity index (χ3n) is 3.82. The van der Waals surface area contributed by atoms with E-state index in [1.165, 1.54) is 11.8 Å². The predicted octanol–water partition coefficient (Wildman–Crippen LogP) is 5.71. The molecule has 0 aromatic heterocycles. The van der Waals surface area contributed by atoms with E-state index >= 15 is 0 Å². The molecule has 0 radical (unpaired) electrons. The molecular formula is C22H25N3O2S2. The molecule has 2 aromatic rings. The lowest BCUT2D eigenvalue weighted by molar-refractivity contribution is 0.314. The summed E-state index contributed by atoms with van der Waals surface area (Å²) in [7, 11) is 0. The molecular weight excluding hydrogens is 402 g/mol. The fraction of sp³-hybridized carbons (Fsp3) is 0.364. The highest BCUT2D eigenvalue weighted by atomic mass is 32.2. The Morgan fingerprint density at radius 3 is 2.00 bits per heavy atom. The van der Waals surface area contributed by atoms with Gasteiger partial charge in [0.25, 0.3) is 0 Å². The van der Waals surface area contributed by atoms with E-state index in [0.29, 0.717) is 36.3 Å². The lowest BCUT2D eigenvalue weighted by Gasteiger charge is -2.21. The van der Waals surface area contributed by atoms with Gasteiger partial charge in [0.2, 0.25) is 0 Å². The van der Waals surface area contributed by atoms with Crippen molar-refractivity contribution in [3.8, 4) is 23.6 Å². The zero-order valence-electron chi connectivity index (χ0n) is 17.1. The predicted molar refractivity (Wildman–Crippen MR) is 119 cm³/mol. The van der Waals surface area contributed by atoms with Gasteiger partial charge >= 0.3 is 0 Å². The van der Waals surface area contributed by atoms with Crippen LogP contribution in [0.4, 0.5) is 5.69 Å². The molecule has 0 saturated heterocycles. The summed E-state index contributed by atoms with van der Waals surface area (Å²) in [6.07, 6.45) is 0. The largest absolute Gasteiger partial charge is 0.491 e. The van der Waals surface area contributed by atoms with Crippen LogP contribution in [0.15, 0.2) is 39.0 Å². The van der Waals surface area contributed by atoms with Crippen molar-refractivity contribution in [1.82, 2.24) is 0 Å². The van der Waals surface area contributed by atoms with Crippen molar-refractivity contribution in [2.45, 2.75) is 42.4 Å². The van der Waals surface area contributed by atoms with Crippen molar-refractivity contribution in [1.29, 1.82) is 10.5 Å². The fourth-order valence-corrected chi connectivity index (χ4v) is 4.90. The molecule has 152 valence electrons. The second-order valence-electron chi connectivity index (χ2n) is 6.50. The van der Waals surface area contributed by atoms with Crippen LogP contribution in [0.1, 0.15) is 38.8 Å². The molecule has 2 rings (SSSR count). The van der Waals surface area contributed by atoms with Crippen LogP contribution in [-0.4, -0.2) is 19.0 Å². The summed E-state index contributed by atoms with van der Waals surface area (Å²) in [4.78, 5) is 2.43. The number of nitriles is 2. The Morgan fingerprint density at radius 2 is 1.52 bits per heavy atom. The number of anilines is 1. The summed E-state index contributed by atoms with van der Waals surface area (Å²) in [6, 6.07) is 11.9. The molecule has 0 fully saturated rings. The molecule has 7 heteroatoms. The summed E-state index contributed by atoms with van der Waals surface area (Å²) in [5.41, 5.74) is 7.23. The normalized spacial score (nSPS) is 10.4. The van der Waals surface area contributed by atoms with Crippen LogP contribution >= 0.6 is 23.5 Å². The van der Waals surface area contributed by atoms with Crippen molar-refractivity contribution in [3.05, 3.63) is 35.4 Å². The minimum atomic E-state index is 0.198. The van der Waals surface area contributed by atoms with Gasteiger partial charge in [-0.15, -0.1) is 11.8 Å². The SMILES string of the molecule is CCOc1c(C#N)c(C#N)c(OCC)c(Sc2ccccc2N)c1SCC(C)C. The van der Waals surface area contributed by atoms with Crippen molar-refractivity contribution < 1.29 is 9.47 Å². The van der Waals surface area contributed by atoms with Crippen molar-refractivity contribution in [2.75, 3.05) is 24.7 Å². The van der Waals surface area contributed by atoms with Gasteiger partial charge in [-0.25, -0.2) is 0 Å². The number of para-hydroxylation sites is 1. The van der Waals surface area contributed by atoms with Crippen molar-refractivity contribution >= 4 is 29.2 Å². The Morgan fingerprint density at radius 1 is 0.966 bits per heavy atom. The first kappa shape index (κ1) is 22.8. The maximum Gasteiger partial charge on any atom is 0.153 e. The van der Waals surface area contributed by atoms with Crippen LogP contribution in [0.3, 0.4) is 0 Å². The van der Waals surface area contributed by atoms with E-state index in [1.807, 2.05) is 38.1 Å². The number of benzene rings is 2. The minimum Gasteiger partial charge on any atom is -0.491 e. The van der Waals surface area contributed by atoms with E-state index in [4.69, 9.17) is 15.2 Å². The second kappa shape index (κ2) is 10.9. The molecule has 0 heterocycles. The maximum absolute atomic E-state index is 9.83. The lowest BCUT2D eigenvalue weighted by atomic mass is 10.1. The van der Waals surface area contributed by atoms with E-state index in [2.05, 4.69) is 26.0 Å². The van der Waals surface area contributed by atoms with Crippen molar-refractivity contribution in [2.24, 2.45) is 5.92 Å². The molecule has 0 saturated carbocycles. The summed E-state index contributed by atoms with van der Waals surface area (Å²) in [5, 5.41) is 19.6. The zero-order chi connectivity index (χ0) is 21.4. The minimum absolute atomic E-state index is 0.198. The van der Waals surface area contributed by atoms with E-state index in [-0.39, 0.29) is 11.1 Å². The van der Waals surface area contributed by atoms with Gasteiger partial charge in [0.05, 0.1) is 23.0 Å². The highest BCUT2D eigenvalue weighted by molar-refractivity contribution is 8.02. The molecule has 0 atom stereocenters. The third kappa shape index (κ3) is 5.32. The van der Waals surface area contributed by atoms with Gasteiger partial charge in [0.1, 0.15) is 23.3 Å². The molecule has 29 heavy (non-hydrogen) atoms. The number of ether oxygens (including phenoxy) is 2. The molecule has 0 unspecified atom stereocenters. The van der Waals surface area contributed by atoms with Gasteiger partial charge in [-0.1, -0.05) is 37.7 Å². The van der Waals surface area contributed by atoms with Gasteiger partial charge < -0.3 is 15.2 Å². The standard InChI is InChI=1S/C22H25N3O2S2/c1-5-26-19-15(11-23)16(12-24)20(27-6-2)22(21(19)28-13-14(3)4)29-18-10-8-7-9-17(18)25/h7-10,14H,5-6,13,25H2,1-4H3. The van der Waals surface area contributed by atoms with Gasteiger partial charge in [-0.2, -0.15) is 10.5 Å². The number of nitrogens with zero attached hydrogens (tertiary/aromatic N) is 2. The second-order valence-corrected chi connectivity index (χ2v) is 8.58. The first-order chi connectivity index (χ1) is 14.0. The van der Waals surface area contributed by atoms with Gasteiger partial charge in [0.15, 0.2) is 11.5 Å². The number of nitrogens with two attached hydrogens (primary N) is 1. The highest BCUT2D eigenvalue weighted by Gasteiger charge is 2.28. The number of rotatable bonds is 9. The Labute approximate surface area is 181 Å². The summed E-state index contributed by atoms with van der Waals surface area (Å²) in [6.45, 7) is 8.75. The van der Waals surface area contributed by atoms with Crippen LogP contribution in [0.2, 0.25) is 0 Å². The average Bonchev–Trinajstić information content (AvgIpc) is 2.70. The Balaban J connectivity index is 2.83. The number of hydrogen-bond donors (Lipinski definition) is 1. The smallest absolute Gasteiger partial charge is 0.153 e. The first-order valence-corrected chi connectivity index (χ1v) is 11.2. The molecule has 0 aliphatic heterocycles. The number of thioether (sulfide) groups is 1. The topological polar surface area (TPSA) is 92.1 Å². The fourth-order valence-electron chi connectivity index (χ4n) is 2.60. The van der Waals surface area contributed by atoms with Gasteiger partial charge in [-0.05, 0) is 31.9 Å². The molecule has 0 aliphatic rings. The number of hydrogen-bond acceptors (Lipinski definition) is 7. The monoisotopic (exact) mass is 427 g/mol. The molecule has 0 aliphatic carbocycles. The van der Waals surface area contributed by atoms with Crippen LogP contribution in [0.25, 0.3) is 0 Å². The first-order valence-electron chi connectivity index (χ1n) is 9.43. The lowest BCUT2D eigenvalue weighted by Crippen LogP contribution is -2.06. The Kier molecular flexibility index (Phi) is 8.57. The quantitative estimate of drug-likeness (QED) is 0.405. The Bertz CT molecular complexity index is 947. The Hall–Kier alpha value is -2.48. The van der Waals surface area contributed by atoms with E-state index < -0.39 is 0 Å². The van der Waals surface area contributed by atoms with Gasteiger partial charge in [0, 0.05) is 16.3 Å². The van der Waals surface area contributed by atoms with Crippen LogP contribution in [0, 0.1) is 28.6 Å². The summed E-state index contributed by atoms with van der Waals surface area (Å²) in [5.74, 6) is 2.12. The van der Waals surface area contributed by atoms with Crippen LogP contribution in [0.5, 0.6) is 11.5 Å². The van der Waals surface area contributed by atoms with E-state index in [0.717, 1.165) is 20.4 Å². The summed E-state index contributed by atoms with van der Waals surface area (Å²) < 4.78 is 11.8. The molecule has 2 N–H and O–H groups in total. The summed E-state index contributed by atoms with van der Waals surface area (Å²) >= 11 is 3.04. The van der Waals surface area contributed by atoms with Crippen LogP contribution < -0.4 is 15.2 Å². The number of nitrogen functional groups attached to an aromatic ring is 1. The zero-order valence-corrected chi connectivity index (χ0v) is 18.7. The average molecular weight is 428 g/mol. The van der Waals surface area contributed by atoms with Crippen molar-refractivity contribution in [3.63, 3.8) is 0 Å². The van der Waals surface area contributed by atoms with E-state index in [9.17, 15) is 10.5 Å². The molecule has 2 aromatic carbocycles. The van der Waals surface area contributed by atoms with Crippen LogP contribution in [-0.2, 0) is 0 Å². The third-order valence-corrected chi connectivity index (χ3v) is 6.64. The van der Waals surface area contributed by atoms with Gasteiger partial charge in [-0.3, -0.25) is 0 Å².